The van der Waals surface area contributed by atoms with Crippen molar-refractivity contribution < 1.29 is 0 Å². The first kappa shape index (κ1) is 7.53. The Balaban J connectivity index is 2.59. The number of nitrogens with one attached hydrogen (secondary N) is 1. The zero-order chi connectivity index (χ0) is 6.69. The van der Waals surface area contributed by atoms with Crippen LogP contribution in [0.25, 0.3) is 0 Å². The van der Waals surface area contributed by atoms with Crippen molar-refractivity contribution in [1.29, 1.82) is 0 Å². The average molecular weight is 256 g/mol. The predicted octanol–water partition coefficient (Wildman–Crippen LogP) is 1.58. The minimum atomic E-state index is 1.01. The molecule has 9 heavy (non-hydrogen) atoms. The summed E-state index contributed by atoms with van der Waals surface area (Å²) in [6.07, 6.45) is 2.23. The fourth-order valence-corrected chi connectivity index (χ4v) is 2.46. The van der Waals surface area contributed by atoms with Crippen LogP contribution in [0.4, 0.5) is 0 Å². The lowest BCUT2D eigenvalue weighted by Gasteiger charge is -2.16. The molecular formula is C5H9IN2S. The Morgan fingerprint density at radius 1 is 1.67 bits per heavy atom. The first-order chi connectivity index (χ1) is 4.34. The van der Waals surface area contributed by atoms with Crippen LogP contribution < -0.4 is 11.1 Å². The maximum atomic E-state index is 5.68. The van der Waals surface area contributed by atoms with E-state index in [1.807, 2.05) is 0 Å². The summed E-state index contributed by atoms with van der Waals surface area (Å²) in [5, 5.41) is 4.38. The van der Waals surface area contributed by atoms with E-state index in [1.54, 1.807) is 8.93 Å². The molecule has 1 heterocycles. The normalized spacial score (nSPS) is 19.7. The lowest BCUT2D eigenvalue weighted by atomic mass is 10.2. The van der Waals surface area contributed by atoms with Gasteiger partial charge in [-0.05, 0) is 21.8 Å². The van der Waals surface area contributed by atoms with Gasteiger partial charge in [0.05, 0.1) is 5.03 Å². The Hall–Kier alpha value is 0.420. The molecule has 0 amide bonds. The van der Waals surface area contributed by atoms with Gasteiger partial charge in [-0.2, -0.15) is 0 Å². The van der Waals surface area contributed by atoms with Crippen LogP contribution in [0.5, 0.6) is 0 Å². The van der Waals surface area contributed by atoms with Crippen molar-refractivity contribution in [2.24, 2.45) is 5.73 Å². The van der Waals surface area contributed by atoms with Gasteiger partial charge in [-0.15, -0.1) is 0 Å². The van der Waals surface area contributed by atoms with E-state index in [2.05, 4.69) is 26.5 Å². The third kappa shape index (κ3) is 1.93. The largest absolute Gasteiger partial charge is 0.400 e. The third-order valence-corrected chi connectivity index (χ3v) is 3.16. The maximum Gasteiger partial charge on any atom is 0.0975 e. The maximum absolute atomic E-state index is 5.68. The minimum Gasteiger partial charge on any atom is -0.400 e. The van der Waals surface area contributed by atoms with E-state index in [1.165, 1.54) is 6.42 Å². The van der Waals surface area contributed by atoms with Gasteiger partial charge in [-0.3, -0.25) is 0 Å². The van der Waals surface area contributed by atoms with E-state index in [4.69, 9.17) is 5.73 Å². The second kappa shape index (κ2) is 3.55. The monoisotopic (exact) mass is 256 g/mol. The second-order valence-electron chi connectivity index (χ2n) is 1.96. The topological polar surface area (TPSA) is 38.0 Å². The molecule has 1 rings (SSSR count). The highest BCUT2D eigenvalue weighted by Crippen LogP contribution is 2.26. The fourth-order valence-electron chi connectivity index (χ4n) is 0.785. The van der Waals surface area contributed by atoms with Crippen LogP contribution in [0, 0.1) is 0 Å². The van der Waals surface area contributed by atoms with Gasteiger partial charge in [0.25, 0.3) is 0 Å². The van der Waals surface area contributed by atoms with Gasteiger partial charge in [0, 0.05) is 33.4 Å². The van der Waals surface area contributed by atoms with Crippen LogP contribution in [0.3, 0.4) is 0 Å². The van der Waals surface area contributed by atoms with Gasteiger partial charge in [0.2, 0.25) is 0 Å². The van der Waals surface area contributed by atoms with E-state index in [9.17, 15) is 0 Å². The number of nitrogens with two attached hydrogens (primary N) is 1. The van der Waals surface area contributed by atoms with Crippen LogP contribution in [-0.4, -0.2) is 6.54 Å². The van der Waals surface area contributed by atoms with Crippen molar-refractivity contribution in [3.63, 3.8) is 0 Å². The lowest BCUT2D eigenvalue weighted by Crippen LogP contribution is -2.22. The van der Waals surface area contributed by atoms with Crippen molar-refractivity contribution >= 4 is 30.1 Å². The molecule has 0 spiro atoms. The molecule has 0 saturated heterocycles. The van der Waals surface area contributed by atoms with Crippen molar-refractivity contribution in [2.45, 2.75) is 12.8 Å². The van der Waals surface area contributed by atoms with Crippen molar-refractivity contribution in [3.8, 4) is 0 Å². The fraction of sp³-hybridized carbons (Fsp3) is 0.600. The molecule has 0 bridgehead atoms. The van der Waals surface area contributed by atoms with Crippen LogP contribution in [-0.2, 0) is 0 Å². The van der Waals surface area contributed by atoms with Crippen LogP contribution in [0.2, 0.25) is 0 Å². The highest BCUT2D eigenvalue weighted by atomic mass is 127. The zero-order valence-electron chi connectivity index (χ0n) is 4.98. The standard InChI is InChI=1S/C5H9IN2S/c6-9-5-4(7)2-1-3-8-5/h8H,1-3,7H2. The average Bonchev–Trinajstić information content (AvgIpc) is 1.89. The SMILES string of the molecule is NC1=C(SI)NCCC1. The first-order valence-corrected chi connectivity index (χ1v) is 6.21. The highest BCUT2D eigenvalue weighted by molar-refractivity contribution is 14.2. The van der Waals surface area contributed by atoms with E-state index in [0.29, 0.717) is 0 Å². The summed E-state index contributed by atoms with van der Waals surface area (Å²) >= 11 is 2.24. The second-order valence-corrected chi connectivity index (χ2v) is 3.85. The number of rotatable bonds is 1. The smallest absolute Gasteiger partial charge is 0.0975 e. The van der Waals surface area contributed by atoms with Gasteiger partial charge < -0.3 is 11.1 Å². The molecule has 0 aromatic heterocycles. The van der Waals surface area contributed by atoms with Gasteiger partial charge in [0.15, 0.2) is 0 Å². The van der Waals surface area contributed by atoms with Gasteiger partial charge in [-0.25, -0.2) is 0 Å². The van der Waals surface area contributed by atoms with Crippen LogP contribution >= 0.6 is 30.1 Å². The molecule has 1 aliphatic heterocycles. The van der Waals surface area contributed by atoms with Gasteiger partial charge >= 0.3 is 0 Å². The lowest BCUT2D eigenvalue weighted by molar-refractivity contribution is 0.685. The van der Waals surface area contributed by atoms with Gasteiger partial charge in [0.1, 0.15) is 0 Å². The molecule has 0 radical (unpaired) electrons. The van der Waals surface area contributed by atoms with E-state index in [0.717, 1.165) is 23.7 Å². The molecule has 0 aromatic carbocycles. The number of allylic oxidation sites excluding steroid dienone is 1. The summed E-state index contributed by atoms with van der Waals surface area (Å²) in [6, 6.07) is 0. The summed E-state index contributed by atoms with van der Waals surface area (Å²) in [7, 11) is 1.67. The molecular weight excluding hydrogens is 247 g/mol. The molecule has 0 fully saturated rings. The summed E-state index contributed by atoms with van der Waals surface area (Å²) in [6.45, 7) is 1.08. The Morgan fingerprint density at radius 3 is 2.89 bits per heavy atom. The van der Waals surface area contributed by atoms with E-state index in [-0.39, 0.29) is 0 Å². The summed E-state index contributed by atoms with van der Waals surface area (Å²) in [5.74, 6) is 0. The van der Waals surface area contributed by atoms with E-state index < -0.39 is 0 Å². The molecule has 0 aliphatic carbocycles. The molecule has 0 saturated carbocycles. The van der Waals surface area contributed by atoms with Crippen LogP contribution in [0.1, 0.15) is 12.8 Å². The van der Waals surface area contributed by atoms with Crippen LogP contribution in [0.15, 0.2) is 10.7 Å². The first-order valence-electron chi connectivity index (χ1n) is 2.85. The number of hydrogen-bond acceptors (Lipinski definition) is 3. The number of hydrogen-bond donors (Lipinski definition) is 2. The Kier molecular flexibility index (Phi) is 2.97. The minimum absolute atomic E-state index is 1.01. The van der Waals surface area contributed by atoms with E-state index >= 15 is 0 Å². The molecule has 0 unspecified atom stereocenters. The Morgan fingerprint density at radius 2 is 2.44 bits per heavy atom. The van der Waals surface area contributed by atoms with Gasteiger partial charge in [-0.1, -0.05) is 0 Å². The highest BCUT2D eigenvalue weighted by Gasteiger charge is 2.07. The number of halogens is 1. The Labute approximate surface area is 71.2 Å². The van der Waals surface area contributed by atoms with Crippen molar-refractivity contribution in [2.75, 3.05) is 6.54 Å². The molecule has 0 atom stereocenters. The quantitative estimate of drug-likeness (QED) is 0.699. The summed E-state index contributed by atoms with van der Waals surface area (Å²) < 4.78 is 0. The zero-order valence-corrected chi connectivity index (χ0v) is 7.96. The summed E-state index contributed by atoms with van der Waals surface area (Å²) in [5.41, 5.74) is 6.70. The molecule has 4 heteroatoms. The van der Waals surface area contributed by atoms with Crippen molar-refractivity contribution in [3.05, 3.63) is 10.7 Å². The molecule has 52 valence electrons. The Bertz CT molecular complexity index is 135. The predicted molar refractivity (Wildman–Crippen MR) is 50.1 cm³/mol. The molecule has 0 aromatic rings. The third-order valence-electron chi connectivity index (χ3n) is 1.28. The molecule has 3 N–H and O–H groups in total. The molecule has 1 aliphatic rings. The van der Waals surface area contributed by atoms with Crippen molar-refractivity contribution in [1.82, 2.24) is 5.32 Å². The summed E-state index contributed by atoms with van der Waals surface area (Å²) in [4.78, 5) is 0. The molecule has 2 nitrogen and oxygen atoms in total.